The number of carbonyl (C=O) groups excluding carboxylic acids is 3. The Bertz CT molecular complexity index is 2670. The van der Waals surface area contributed by atoms with E-state index in [4.69, 9.17) is 18.9 Å². The Balaban J connectivity index is 1.26. The van der Waals surface area contributed by atoms with Gasteiger partial charge in [-0.1, -0.05) is 37.3 Å². The number of aromatic nitrogens is 1. The van der Waals surface area contributed by atoms with Crippen LogP contribution in [0, 0.1) is 17.3 Å². The molecule has 0 radical (unpaired) electrons. The van der Waals surface area contributed by atoms with Crippen LogP contribution in [-0.4, -0.2) is 129 Å². The van der Waals surface area contributed by atoms with Crippen molar-refractivity contribution in [1.82, 2.24) is 14.8 Å². The monoisotopic (exact) mass is 921 g/mol. The van der Waals surface area contributed by atoms with Crippen molar-refractivity contribution in [3.8, 4) is 5.75 Å². The van der Waals surface area contributed by atoms with Gasteiger partial charge in [0, 0.05) is 108 Å². The van der Waals surface area contributed by atoms with E-state index < -0.39 is 63.7 Å². The number of esters is 3. The standard InChI is InChI=1S/C52H61F2N5O8/c1-8-49-18-12-20-59-22-19-50(43(49)59)37-25-38(41(64-5)26-40(37)57(4)44(50)52(63,47(62)66-7)45(49)67-30(2)60)51(46(61)65-6)27-31-23-32(48(3,53)54)29-58(28-31)21-17-35-36-24-34(15-16-39(36)56-42(35)51)55-33-13-10-9-11-14-33/h9-16,18,24-26,31-32,43-45,55-56,63H,8,17,19-23,27-29H2,1-7H3/t31-,32-,43+,44-,45-,49-,50-,51+,52+/m1/s1. The molecule has 10 atom stereocenters. The maximum atomic E-state index is 15.6. The molecule has 67 heavy (non-hydrogen) atoms. The van der Waals surface area contributed by atoms with Gasteiger partial charge >= 0.3 is 17.9 Å². The zero-order valence-electron chi connectivity index (χ0n) is 39.3. The molecule has 1 aromatic heterocycles. The summed E-state index contributed by atoms with van der Waals surface area (Å²) in [6.07, 6.45) is 4.39. The topological polar surface area (TPSA) is 146 Å². The van der Waals surface area contributed by atoms with Crippen LogP contribution in [-0.2, 0) is 45.8 Å². The number of anilines is 3. The summed E-state index contributed by atoms with van der Waals surface area (Å²) in [5, 5.41) is 17.8. The first-order chi connectivity index (χ1) is 32.0. The van der Waals surface area contributed by atoms with Crippen molar-refractivity contribution in [2.24, 2.45) is 17.3 Å². The summed E-state index contributed by atoms with van der Waals surface area (Å²) >= 11 is 0. The summed E-state index contributed by atoms with van der Waals surface area (Å²) in [4.78, 5) is 53.3. The van der Waals surface area contributed by atoms with Crippen LogP contribution in [0.1, 0.15) is 68.8 Å². The Labute approximate surface area is 389 Å². The molecule has 1 spiro atoms. The molecule has 1 aliphatic carbocycles. The molecule has 1 unspecified atom stereocenters. The van der Waals surface area contributed by atoms with E-state index in [0.29, 0.717) is 68.1 Å². The van der Waals surface area contributed by atoms with Gasteiger partial charge in [-0.05, 0) is 99.0 Å². The van der Waals surface area contributed by atoms with Gasteiger partial charge < -0.3 is 44.2 Å². The number of aromatic amines is 1. The minimum absolute atomic E-state index is 0.122. The Morgan fingerprint density at radius 2 is 1.72 bits per heavy atom. The first kappa shape index (κ1) is 45.3. The third-order valence-corrected chi connectivity index (χ3v) is 16.7. The summed E-state index contributed by atoms with van der Waals surface area (Å²) in [7, 11) is 5.96. The molecule has 13 nitrogen and oxygen atoms in total. The summed E-state index contributed by atoms with van der Waals surface area (Å²) in [6, 6.07) is 18.4. The molecule has 356 valence electrons. The van der Waals surface area contributed by atoms with E-state index in [1.165, 1.54) is 21.1 Å². The predicted molar refractivity (Wildman–Crippen MR) is 249 cm³/mol. The number of aliphatic hydroxyl groups is 1. The van der Waals surface area contributed by atoms with Gasteiger partial charge in [0.1, 0.15) is 11.2 Å². The number of alkyl halides is 2. The average Bonchev–Trinajstić information content (AvgIpc) is 3.97. The molecule has 2 saturated heterocycles. The lowest BCUT2D eigenvalue weighted by Gasteiger charge is -2.63. The van der Waals surface area contributed by atoms with Gasteiger partial charge in [-0.15, -0.1) is 0 Å². The van der Waals surface area contributed by atoms with Crippen molar-refractivity contribution in [3.63, 3.8) is 0 Å². The number of benzene rings is 3. The number of halogens is 2. The van der Waals surface area contributed by atoms with E-state index in [2.05, 4.69) is 26.2 Å². The number of H-pyrrole nitrogens is 1. The van der Waals surface area contributed by atoms with Gasteiger partial charge in [0.05, 0.1) is 27.4 Å². The number of piperidine rings is 1. The predicted octanol–water partition coefficient (Wildman–Crippen LogP) is 6.86. The minimum Gasteiger partial charge on any atom is -0.496 e. The summed E-state index contributed by atoms with van der Waals surface area (Å²) < 4.78 is 55.1. The van der Waals surface area contributed by atoms with Gasteiger partial charge in [-0.2, -0.15) is 0 Å². The SMILES string of the molecule is CC[C@]12C=CCN3CC[C@@]4(c5cc([C@@]6(C(=O)OC)C[C@H]7C[C@@H](C(C)(F)F)CN(CCc8c6[nH]c6ccc(Nc9ccccc9)cc86)C7)c(OC)cc5N(C)[C@H]4[C@@](O)(C(=O)OC)[C@@H]1OC(C)=O)[C@@H]32. The molecule has 3 fully saturated rings. The zero-order chi connectivity index (χ0) is 47.4. The molecule has 6 aliphatic rings. The molecule has 15 heteroatoms. The lowest BCUT2D eigenvalue weighted by atomic mass is 9.47. The quantitative estimate of drug-likeness (QED) is 0.0916. The van der Waals surface area contributed by atoms with Gasteiger partial charge in [0.2, 0.25) is 11.5 Å². The average molecular weight is 922 g/mol. The maximum Gasteiger partial charge on any atom is 0.344 e. The Hall–Kier alpha value is -5.51. The highest BCUT2D eigenvalue weighted by Crippen LogP contribution is 2.68. The number of nitrogens with one attached hydrogen (secondary N) is 2. The highest BCUT2D eigenvalue weighted by atomic mass is 19.3. The van der Waals surface area contributed by atoms with Crippen molar-refractivity contribution in [2.75, 3.05) is 71.3 Å². The number of nitrogens with zero attached hydrogens (tertiary/aromatic N) is 3. The van der Waals surface area contributed by atoms with Crippen molar-refractivity contribution >= 4 is 45.9 Å². The molecule has 6 heterocycles. The molecule has 5 aliphatic heterocycles. The van der Waals surface area contributed by atoms with Crippen molar-refractivity contribution < 1.29 is 47.2 Å². The van der Waals surface area contributed by atoms with E-state index >= 15 is 13.6 Å². The van der Waals surface area contributed by atoms with Gasteiger partial charge in [-0.25, -0.2) is 13.6 Å². The van der Waals surface area contributed by atoms with Crippen molar-refractivity contribution in [3.05, 3.63) is 95.2 Å². The number of hydrogen-bond donors (Lipinski definition) is 3. The Morgan fingerprint density at radius 3 is 2.40 bits per heavy atom. The third kappa shape index (κ3) is 6.42. The highest BCUT2D eigenvalue weighted by molar-refractivity contribution is 5.96. The summed E-state index contributed by atoms with van der Waals surface area (Å²) in [5.74, 6) is -6.05. The molecule has 0 amide bonds. The number of hydrogen-bond acceptors (Lipinski definition) is 12. The molecular weight excluding hydrogens is 861 g/mol. The lowest BCUT2D eigenvalue weighted by Crippen LogP contribution is -2.81. The van der Waals surface area contributed by atoms with E-state index in [9.17, 15) is 14.7 Å². The van der Waals surface area contributed by atoms with Crippen molar-refractivity contribution in [1.29, 1.82) is 0 Å². The molecular formula is C52H61F2N5O8. The Kier molecular flexibility index (Phi) is 10.8. The van der Waals surface area contributed by atoms with Crippen LogP contribution in [0.5, 0.6) is 5.75 Å². The fourth-order valence-corrected chi connectivity index (χ4v) is 14.2. The number of rotatable bonds is 9. The number of fused-ring (bicyclic) bond motifs is 6. The van der Waals surface area contributed by atoms with Crippen LogP contribution < -0.4 is 15.0 Å². The van der Waals surface area contributed by atoms with E-state index in [1.54, 1.807) is 7.11 Å². The smallest absolute Gasteiger partial charge is 0.344 e. The molecule has 3 N–H and O–H groups in total. The van der Waals surface area contributed by atoms with Gasteiger partial charge in [0.25, 0.3) is 0 Å². The second-order valence-corrected chi connectivity index (χ2v) is 20.0. The highest BCUT2D eigenvalue weighted by Gasteiger charge is 2.80. The van der Waals surface area contributed by atoms with Gasteiger partial charge in [-0.3, -0.25) is 14.5 Å². The summed E-state index contributed by atoms with van der Waals surface area (Å²) in [6.45, 7) is 6.68. The minimum atomic E-state index is -2.96. The lowest BCUT2D eigenvalue weighted by molar-refractivity contribution is -0.228. The number of methoxy groups -OCH3 is 3. The van der Waals surface area contributed by atoms with Crippen LogP contribution in [0.2, 0.25) is 0 Å². The summed E-state index contributed by atoms with van der Waals surface area (Å²) in [5.41, 5.74) is -0.0681. The maximum absolute atomic E-state index is 15.6. The van der Waals surface area contributed by atoms with Gasteiger partial charge in [0.15, 0.2) is 6.10 Å². The molecule has 1 saturated carbocycles. The van der Waals surface area contributed by atoms with Crippen LogP contribution in [0.15, 0.2) is 72.8 Å². The fraction of sp³-hybridized carbons (Fsp3) is 0.519. The molecule has 2 bridgehead atoms. The van der Waals surface area contributed by atoms with Crippen LogP contribution in [0.25, 0.3) is 10.9 Å². The number of likely N-dealkylation sites (N-methyl/N-ethyl adjacent to an activating group) is 1. The second-order valence-electron chi connectivity index (χ2n) is 20.0. The Morgan fingerprint density at radius 1 is 0.955 bits per heavy atom. The number of para-hydroxylation sites is 1. The van der Waals surface area contributed by atoms with E-state index in [-0.39, 0.29) is 31.3 Å². The van der Waals surface area contributed by atoms with Crippen LogP contribution >= 0.6 is 0 Å². The molecule has 4 aromatic rings. The van der Waals surface area contributed by atoms with E-state index in [1.807, 2.05) is 85.6 Å². The van der Waals surface area contributed by atoms with Crippen LogP contribution in [0.4, 0.5) is 25.8 Å². The second kappa shape index (κ2) is 16.1. The zero-order valence-corrected chi connectivity index (χ0v) is 39.3. The number of ether oxygens (including phenoxy) is 4. The molecule has 10 rings (SSSR count). The fourth-order valence-electron chi connectivity index (χ4n) is 14.2. The first-order valence-corrected chi connectivity index (χ1v) is 23.5. The van der Waals surface area contributed by atoms with E-state index in [0.717, 1.165) is 40.3 Å². The first-order valence-electron chi connectivity index (χ1n) is 23.5. The normalized spacial score (nSPS) is 33.0. The largest absolute Gasteiger partial charge is 0.496 e. The van der Waals surface area contributed by atoms with Crippen molar-refractivity contribution in [2.45, 2.75) is 93.4 Å². The third-order valence-electron chi connectivity index (χ3n) is 16.7. The molecule has 3 aromatic carbocycles. The van der Waals surface area contributed by atoms with Crippen LogP contribution in [0.3, 0.4) is 0 Å². The number of carbonyl (C=O) groups is 3.